The summed E-state index contributed by atoms with van der Waals surface area (Å²) in [5, 5.41) is 0. The van der Waals surface area contributed by atoms with E-state index in [1.807, 2.05) is 6.92 Å². The second kappa shape index (κ2) is 6.80. The average Bonchev–Trinajstić information content (AvgIpc) is 3.04. The standard InChI is InChI=1S/C14H24O3/c1-4-7-8-9-10-17-14(11-12(14)5-2)13(15)16-6-3/h5,12H,2,4,6-11H2,1,3H3. The van der Waals surface area contributed by atoms with Gasteiger partial charge in [0.2, 0.25) is 0 Å². The minimum atomic E-state index is -0.704. The van der Waals surface area contributed by atoms with Crippen molar-refractivity contribution in [2.24, 2.45) is 5.92 Å². The van der Waals surface area contributed by atoms with Crippen LogP contribution in [0.15, 0.2) is 12.7 Å². The van der Waals surface area contributed by atoms with Gasteiger partial charge in [-0.1, -0.05) is 32.3 Å². The Morgan fingerprint density at radius 3 is 2.71 bits per heavy atom. The van der Waals surface area contributed by atoms with Crippen LogP contribution in [0.25, 0.3) is 0 Å². The van der Waals surface area contributed by atoms with Crippen molar-refractivity contribution in [1.82, 2.24) is 0 Å². The summed E-state index contributed by atoms with van der Waals surface area (Å²) in [4.78, 5) is 11.8. The SMILES string of the molecule is C=CC1CC1(OCCCCCC)C(=O)OCC. The van der Waals surface area contributed by atoms with Crippen LogP contribution in [0.1, 0.15) is 46.0 Å². The summed E-state index contributed by atoms with van der Waals surface area (Å²) >= 11 is 0. The molecule has 98 valence electrons. The molecule has 0 heterocycles. The van der Waals surface area contributed by atoms with E-state index in [4.69, 9.17) is 9.47 Å². The Hall–Kier alpha value is -0.830. The molecule has 1 aliphatic rings. The molecule has 0 aromatic heterocycles. The van der Waals surface area contributed by atoms with E-state index in [0.717, 1.165) is 19.3 Å². The molecule has 2 unspecified atom stereocenters. The topological polar surface area (TPSA) is 35.5 Å². The van der Waals surface area contributed by atoms with Gasteiger partial charge in [-0.2, -0.15) is 0 Å². The van der Waals surface area contributed by atoms with E-state index in [1.165, 1.54) is 12.8 Å². The number of hydrogen-bond acceptors (Lipinski definition) is 3. The average molecular weight is 240 g/mol. The molecule has 3 heteroatoms. The number of carbonyl (C=O) groups is 1. The van der Waals surface area contributed by atoms with Crippen molar-refractivity contribution >= 4 is 5.97 Å². The number of rotatable bonds is 9. The predicted octanol–water partition coefficient (Wildman–Crippen LogP) is 3.09. The van der Waals surface area contributed by atoms with Crippen LogP contribution in [0, 0.1) is 5.92 Å². The zero-order valence-corrected chi connectivity index (χ0v) is 11.0. The molecule has 0 N–H and O–H groups in total. The molecule has 1 rings (SSSR count). The van der Waals surface area contributed by atoms with Crippen LogP contribution in [0.2, 0.25) is 0 Å². The Morgan fingerprint density at radius 1 is 1.41 bits per heavy atom. The van der Waals surface area contributed by atoms with Crippen molar-refractivity contribution in [3.63, 3.8) is 0 Å². The molecule has 17 heavy (non-hydrogen) atoms. The highest BCUT2D eigenvalue weighted by molar-refractivity contribution is 5.84. The van der Waals surface area contributed by atoms with Gasteiger partial charge < -0.3 is 9.47 Å². The maximum Gasteiger partial charge on any atom is 0.339 e. The lowest BCUT2D eigenvalue weighted by molar-refractivity contribution is -0.161. The first kappa shape index (κ1) is 14.2. The summed E-state index contributed by atoms with van der Waals surface area (Å²) in [7, 11) is 0. The van der Waals surface area contributed by atoms with E-state index < -0.39 is 5.60 Å². The lowest BCUT2D eigenvalue weighted by atomic mass is 10.2. The molecule has 1 aliphatic carbocycles. The van der Waals surface area contributed by atoms with Crippen molar-refractivity contribution in [3.8, 4) is 0 Å². The highest BCUT2D eigenvalue weighted by Gasteiger charge is 2.61. The maximum absolute atomic E-state index is 11.8. The van der Waals surface area contributed by atoms with Crippen molar-refractivity contribution in [3.05, 3.63) is 12.7 Å². The Morgan fingerprint density at radius 2 is 2.18 bits per heavy atom. The van der Waals surface area contributed by atoms with Crippen molar-refractivity contribution in [1.29, 1.82) is 0 Å². The molecule has 0 aromatic rings. The van der Waals surface area contributed by atoms with Gasteiger partial charge in [0, 0.05) is 12.5 Å². The molecule has 3 nitrogen and oxygen atoms in total. The van der Waals surface area contributed by atoms with Gasteiger partial charge in [0.15, 0.2) is 5.60 Å². The van der Waals surface area contributed by atoms with Gasteiger partial charge in [0.05, 0.1) is 6.61 Å². The highest BCUT2D eigenvalue weighted by atomic mass is 16.6. The predicted molar refractivity (Wildman–Crippen MR) is 67.8 cm³/mol. The summed E-state index contributed by atoms with van der Waals surface area (Å²) < 4.78 is 10.8. The van der Waals surface area contributed by atoms with Crippen LogP contribution in [-0.4, -0.2) is 24.8 Å². The summed E-state index contributed by atoms with van der Waals surface area (Å²) in [6.07, 6.45) is 7.12. The Kier molecular flexibility index (Phi) is 5.69. The fourth-order valence-corrected chi connectivity index (χ4v) is 2.04. The molecule has 0 saturated heterocycles. The monoisotopic (exact) mass is 240 g/mol. The first-order chi connectivity index (χ1) is 8.21. The van der Waals surface area contributed by atoms with Gasteiger partial charge in [-0.05, 0) is 19.8 Å². The van der Waals surface area contributed by atoms with Crippen LogP contribution >= 0.6 is 0 Å². The Bertz CT molecular complexity index is 262. The number of hydrogen-bond donors (Lipinski definition) is 0. The van der Waals surface area contributed by atoms with E-state index in [1.54, 1.807) is 6.08 Å². The van der Waals surface area contributed by atoms with Gasteiger partial charge >= 0.3 is 5.97 Å². The van der Waals surface area contributed by atoms with Gasteiger partial charge in [-0.3, -0.25) is 0 Å². The van der Waals surface area contributed by atoms with Crippen LogP contribution in [0.4, 0.5) is 0 Å². The number of ether oxygens (including phenoxy) is 2. The fourth-order valence-electron chi connectivity index (χ4n) is 2.04. The molecular weight excluding hydrogens is 216 g/mol. The molecule has 0 bridgehead atoms. The molecule has 0 aromatic carbocycles. The fraction of sp³-hybridized carbons (Fsp3) is 0.786. The summed E-state index contributed by atoms with van der Waals surface area (Å²) in [5.41, 5.74) is -0.704. The molecular formula is C14H24O3. The van der Waals surface area contributed by atoms with E-state index in [-0.39, 0.29) is 11.9 Å². The first-order valence-corrected chi connectivity index (χ1v) is 6.65. The first-order valence-electron chi connectivity index (χ1n) is 6.65. The number of esters is 1. The smallest absolute Gasteiger partial charge is 0.339 e. The van der Waals surface area contributed by atoms with Crippen molar-refractivity contribution in [2.75, 3.05) is 13.2 Å². The van der Waals surface area contributed by atoms with E-state index >= 15 is 0 Å². The van der Waals surface area contributed by atoms with Crippen LogP contribution < -0.4 is 0 Å². The number of unbranched alkanes of at least 4 members (excludes halogenated alkanes) is 3. The lowest BCUT2D eigenvalue weighted by Gasteiger charge is -2.16. The van der Waals surface area contributed by atoms with Gasteiger partial charge in [0.1, 0.15) is 0 Å². The third-order valence-corrected chi connectivity index (χ3v) is 3.22. The van der Waals surface area contributed by atoms with Gasteiger partial charge in [-0.15, -0.1) is 6.58 Å². The molecule has 1 fully saturated rings. The van der Waals surface area contributed by atoms with E-state index in [0.29, 0.717) is 13.2 Å². The largest absolute Gasteiger partial charge is 0.464 e. The van der Waals surface area contributed by atoms with Gasteiger partial charge in [-0.25, -0.2) is 4.79 Å². The summed E-state index contributed by atoms with van der Waals surface area (Å²) in [5.74, 6) is -0.0897. The van der Waals surface area contributed by atoms with Crippen molar-refractivity contribution in [2.45, 2.75) is 51.6 Å². The highest BCUT2D eigenvalue weighted by Crippen LogP contribution is 2.48. The molecule has 0 amide bonds. The van der Waals surface area contributed by atoms with Crippen LogP contribution in [0.3, 0.4) is 0 Å². The third kappa shape index (κ3) is 3.56. The molecule has 0 radical (unpaired) electrons. The molecule has 0 spiro atoms. The number of carbonyl (C=O) groups excluding carboxylic acids is 1. The van der Waals surface area contributed by atoms with Crippen molar-refractivity contribution < 1.29 is 14.3 Å². The third-order valence-electron chi connectivity index (χ3n) is 3.22. The molecule has 0 aliphatic heterocycles. The minimum Gasteiger partial charge on any atom is -0.464 e. The maximum atomic E-state index is 11.8. The van der Waals surface area contributed by atoms with E-state index in [9.17, 15) is 4.79 Å². The lowest BCUT2D eigenvalue weighted by Crippen LogP contribution is -2.31. The quantitative estimate of drug-likeness (QED) is 0.353. The molecule has 2 atom stereocenters. The zero-order valence-electron chi connectivity index (χ0n) is 11.0. The summed E-state index contributed by atoms with van der Waals surface area (Å²) in [6.45, 7) is 8.77. The zero-order chi connectivity index (χ0) is 12.7. The minimum absolute atomic E-state index is 0.132. The van der Waals surface area contributed by atoms with Gasteiger partial charge in [0.25, 0.3) is 0 Å². The Labute approximate surface area is 104 Å². The van der Waals surface area contributed by atoms with Crippen LogP contribution in [0.5, 0.6) is 0 Å². The normalized spacial score (nSPS) is 26.6. The Balaban J connectivity index is 2.34. The molecule has 1 saturated carbocycles. The second-order valence-corrected chi connectivity index (χ2v) is 4.57. The van der Waals surface area contributed by atoms with E-state index in [2.05, 4.69) is 13.5 Å². The summed E-state index contributed by atoms with van der Waals surface area (Å²) in [6, 6.07) is 0. The van der Waals surface area contributed by atoms with Crippen LogP contribution in [-0.2, 0) is 14.3 Å². The second-order valence-electron chi connectivity index (χ2n) is 4.57.